The third-order valence-corrected chi connectivity index (χ3v) is 5.53. The second-order valence-electron chi connectivity index (χ2n) is 6.40. The van der Waals surface area contributed by atoms with Crippen molar-refractivity contribution in [3.8, 4) is 10.4 Å². The Hall–Kier alpha value is -2.67. The van der Waals surface area contributed by atoms with E-state index in [4.69, 9.17) is 5.73 Å². The molecule has 1 atom stereocenters. The van der Waals surface area contributed by atoms with Crippen LogP contribution in [0.4, 0.5) is 0 Å². The highest BCUT2D eigenvalue weighted by Gasteiger charge is 2.24. The van der Waals surface area contributed by atoms with Crippen molar-refractivity contribution in [3.63, 3.8) is 0 Å². The second-order valence-corrected chi connectivity index (χ2v) is 7.48. The first-order valence-corrected chi connectivity index (χ1v) is 9.32. The van der Waals surface area contributed by atoms with Crippen molar-refractivity contribution >= 4 is 29.1 Å². The third-order valence-electron chi connectivity index (χ3n) is 4.38. The molecule has 2 heterocycles. The van der Waals surface area contributed by atoms with E-state index in [0.29, 0.717) is 23.5 Å². The van der Waals surface area contributed by atoms with E-state index < -0.39 is 5.91 Å². The van der Waals surface area contributed by atoms with Gasteiger partial charge in [0.1, 0.15) is 0 Å². The molecule has 3 rings (SSSR count). The number of primary amides is 1. The molecular weight excluding hydrogens is 350 g/mol. The molecule has 1 aromatic carbocycles. The molecule has 1 fully saturated rings. The summed E-state index contributed by atoms with van der Waals surface area (Å²) >= 11 is 1.33. The number of benzene rings is 1. The lowest BCUT2D eigenvalue weighted by Crippen LogP contribution is -2.49. The topological polar surface area (TPSA) is 92.5 Å². The van der Waals surface area contributed by atoms with Crippen molar-refractivity contribution in [2.45, 2.75) is 25.8 Å². The van der Waals surface area contributed by atoms with Crippen molar-refractivity contribution in [1.82, 2.24) is 10.2 Å². The molecule has 1 aliphatic rings. The van der Waals surface area contributed by atoms with Gasteiger partial charge in [-0.15, -0.1) is 11.3 Å². The molecule has 136 valence electrons. The molecule has 6 nitrogen and oxygen atoms in total. The minimum absolute atomic E-state index is 0.0165. The molecule has 3 N–H and O–H groups in total. The fourth-order valence-electron chi connectivity index (χ4n) is 3.15. The van der Waals surface area contributed by atoms with Crippen LogP contribution in [0.5, 0.6) is 0 Å². The number of rotatable bonds is 4. The van der Waals surface area contributed by atoms with Gasteiger partial charge in [0.05, 0.1) is 4.88 Å². The number of amides is 3. The van der Waals surface area contributed by atoms with Gasteiger partial charge in [0.25, 0.3) is 11.8 Å². The lowest BCUT2D eigenvalue weighted by molar-refractivity contribution is -0.120. The first kappa shape index (κ1) is 18.1. The average molecular weight is 371 g/mol. The standard InChI is InChI=1S/C19H21N3O3S/c1-12(23)21-15-3-2-10-22(11-15)19(25)14-6-4-13(5-7-14)16-8-9-17(26-16)18(20)24/h4-9,15H,2-3,10-11H2,1H3,(H2,20,24)(H,21,23)/t15-/m0/s1. The number of hydrogen-bond acceptors (Lipinski definition) is 4. The van der Waals surface area contributed by atoms with Gasteiger partial charge in [-0.05, 0) is 42.7 Å². The zero-order chi connectivity index (χ0) is 18.7. The highest BCUT2D eigenvalue weighted by Crippen LogP contribution is 2.28. The Kier molecular flexibility index (Phi) is 5.37. The van der Waals surface area contributed by atoms with E-state index in [9.17, 15) is 14.4 Å². The molecule has 0 aliphatic carbocycles. The molecular formula is C19H21N3O3S. The SMILES string of the molecule is CC(=O)N[C@H]1CCCN(C(=O)c2ccc(-c3ccc(C(N)=O)s3)cc2)C1. The predicted octanol–water partition coefficient (Wildman–Crippen LogP) is 2.25. The van der Waals surface area contributed by atoms with E-state index in [2.05, 4.69) is 5.32 Å². The quantitative estimate of drug-likeness (QED) is 0.863. The second kappa shape index (κ2) is 7.70. The summed E-state index contributed by atoms with van der Waals surface area (Å²) in [6.45, 7) is 2.73. The van der Waals surface area contributed by atoms with Crippen LogP contribution in [0.25, 0.3) is 10.4 Å². The zero-order valence-corrected chi connectivity index (χ0v) is 15.3. The maximum atomic E-state index is 12.7. The highest BCUT2D eigenvalue weighted by molar-refractivity contribution is 7.17. The highest BCUT2D eigenvalue weighted by atomic mass is 32.1. The van der Waals surface area contributed by atoms with Crippen LogP contribution in [0.3, 0.4) is 0 Å². The number of hydrogen-bond donors (Lipinski definition) is 2. The Bertz CT molecular complexity index is 829. The Labute approximate surface area is 156 Å². The Morgan fingerprint density at radius 1 is 1.15 bits per heavy atom. The number of piperidine rings is 1. The number of thiophene rings is 1. The molecule has 1 saturated heterocycles. The molecule has 0 unspecified atom stereocenters. The minimum atomic E-state index is -0.438. The maximum absolute atomic E-state index is 12.7. The number of nitrogens with one attached hydrogen (secondary N) is 1. The summed E-state index contributed by atoms with van der Waals surface area (Å²) in [7, 11) is 0. The van der Waals surface area contributed by atoms with Crippen LogP contribution in [0.1, 0.15) is 39.8 Å². The molecule has 3 amide bonds. The molecule has 0 saturated carbocycles. The molecule has 0 spiro atoms. The van der Waals surface area contributed by atoms with Gasteiger partial charge in [-0.3, -0.25) is 14.4 Å². The first-order valence-electron chi connectivity index (χ1n) is 8.50. The predicted molar refractivity (Wildman–Crippen MR) is 101 cm³/mol. The van der Waals surface area contributed by atoms with Gasteiger partial charge < -0.3 is 16.0 Å². The molecule has 0 bridgehead atoms. The summed E-state index contributed by atoms with van der Waals surface area (Å²) in [4.78, 5) is 38.4. The lowest BCUT2D eigenvalue weighted by Gasteiger charge is -2.33. The molecule has 0 radical (unpaired) electrons. The minimum Gasteiger partial charge on any atom is -0.365 e. The van der Waals surface area contributed by atoms with Gasteiger partial charge in [0, 0.05) is 36.5 Å². The lowest BCUT2D eigenvalue weighted by atomic mass is 10.0. The van der Waals surface area contributed by atoms with Crippen LogP contribution in [0, 0.1) is 0 Å². The van der Waals surface area contributed by atoms with Gasteiger partial charge in [-0.2, -0.15) is 0 Å². The number of nitrogens with two attached hydrogens (primary N) is 1. The average Bonchev–Trinajstić information content (AvgIpc) is 3.11. The summed E-state index contributed by atoms with van der Waals surface area (Å²) in [6.07, 6.45) is 1.77. The molecule has 2 aromatic rings. The van der Waals surface area contributed by atoms with E-state index in [-0.39, 0.29) is 17.9 Å². The fourth-order valence-corrected chi connectivity index (χ4v) is 4.02. The smallest absolute Gasteiger partial charge is 0.258 e. The Morgan fingerprint density at radius 3 is 2.50 bits per heavy atom. The van der Waals surface area contributed by atoms with E-state index in [1.165, 1.54) is 18.3 Å². The van der Waals surface area contributed by atoms with Crippen LogP contribution in [-0.2, 0) is 4.79 Å². The van der Waals surface area contributed by atoms with Crippen molar-refractivity contribution in [3.05, 3.63) is 46.8 Å². The Morgan fingerprint density at radius 2 is 1.88 bits per heavy atom. The van der Waals surface area contributed by atoms with Gasteiger partial charge in [0.15, 0.2) is 0 Å². The molecule has 26 heavy (non-hydrogen) atoms. The normalized spacial score (nSPS) is 17.0. The van der Waals surface area contributed by atoms with E-state index in [1.54, 1.807) is 23.1 Å². The van der Waals surface area contributed by atoms with E-state index in [0.717, 1.165) is 23.3 Å². The summed E-state index contributed by atoms with van der Waals surface area (Å²) in [5.41, 5.74) is 6.84. The van der Waals surface area contributed by atoms with Crippen LogP contribution < -0.4 is 11.1 Å². The fraction of sp³-hybridized carbons (Fsp3) is 0.316. The Balaban J connectivity index is 1.70. The van der Waals surface area contributed by atoms with Gasteiger partial charge >= 0.3 is 0 Å². The molecule has 1 aliphatic heterocycles. The van der Waals surface area contributed by atoms with Gasteiger partial charge in [-0.1, -0.05) is 12.1 Å². The maximum Gasteiger partial charge on any atom is 0.258 e. The number of carbonyl (C=O) groups is 3. The van der Waals surface area contributed by atoms with E-state index in [1.807, 2.05) is 18.2 Å². The number of carbonyl (C=O) groups excluding carboxylic acids is 3. The monoisotopic (exact) mass is 371 g/mol. The van der Waals surface area contributed by atoms with Crippen molar-refractivity contribution < 1.29 is 14.4 Å². The van der Waals surface area contributed by atoms with Crippen molar-refractivity contribution in [1.29, 1.82) is 0 Å². The van der Waals surface area contributed by atoms with E-state index >= 15 is 0 Å². The first-order chi connectivity index (χ1) is 12.4. The van der Waals surface area contributed by atoms with Crippen molar-refractivity contribution in [2.24, 2.45) is 5.73 Å². The van der Waals surface area contributed by atoms with Gasteiger partial charge in [-0.25, -0.2) is 0 Å². The largest absolute Gasteiger partial charge is 0.365 e. The van der Waals surface area contributed by atoms with Gasteiger partial charge in [0.2, 0.25) is 5.91 Å². The number of likely N-dealkylation sites (tertiary alicyclic amines) is 1. The number of nitrogens with zero attached hydrogens (tertiary/aromatic N) is 1. The third kappa shape index (κ3) is 4.11. The van der Waals surface area contributed by atoms with Crippen LogP contribution >= 0.6 is 11.3 Å². The molecule has 7 heteroatoms. The zero-order valence-electron chi connectivity index (χ0n) is 14.5. The van der Waals surface area contributed by atoms with Crippen LogP contribution in [-0.4, -0.2) is 41.8 Å². The summed E-state index contributed by atoms with van der Waals surface area (Å²) in [6, 6.07) is 10.9. The van der Waals surface area contributed by atoms with Crippen LogP contribution in [0.15, 0.2) is 36.4 Å². The molecule has 1 aromatic heterocycles. The van der Waals surface area contributed by atoms with Crippen LogP contribution in [0.2, 0.25) is 0 Å². The van der Waals surface area contributed by atoms with Crippen molar-refractivity contribution in [2.75, 3.05) is 13.1 Å². The summed E-state index contributed by atoms with van der Waals surface area (Å²) in [5, 5.41) is 2.89. The summed E-state index contributed by atoms with van der Waals surface area (Å²) < 4.78 is 0. The summed E-state index contributed by atoms with van der Waals surface area (Å²) in [5.74, 6) is -0.539.